The van der Waals surface area contributed by atoms with E-state index in [9.17, 15) is 0 Å². The van der Waals surface area contributed by atoms with Gasteiger partial charge in [-0.05, 0) is 43.2 Å². The van der Waals surface area contributed by atoms with Crippen LogP contribution in [0.2, 0.25) is 10.0 Å². The number of hydrogen-bond donors (Lipinski definition) is 1. The van der Waals surface area contributed by atoms with E-state index < -0.39 is 0 Å². The van der Waals surface area contributed by atoms with E-state index in [2.05, 4.69) is 5.32 Å². The Morgan fingerprint density at radius 1 is 1.11 bits per heavy atom. The van der Waals surface area contributed by atoms with Gasteiger partial charge in [0.05, 0.1) is 17.2 Å². The molecule has 3 rings (SSSR count). The van der Waals surface area contributed by atoms with Gasteiger partial charge in [0, 0.05) is 18.2 Å². The van der Waals surface area contributed by atoms with Gasteiger partial charge in [0.15, 0.2) is 0 Å². The third-order valence-corrected chi connectivity index (χ3v) is 4.91. The van der Waals surface area contributed by atoms with Gasteiger partial charge >= 0.3 is 0 Å². The third-order valence-electron chi connectivity index (χ3n) is 4.19. The molecule has 0 radical (unpaired) electrons. The number of fused-ring (bicyclic) bond motifs is 2. The summed E-state index contributed by atoms with van der Waals surface area (Å²) in [4.78, 5) is 0. The van der Waals surface area contributed by atoms with Crippen LogP contribution in [-0.2, 0) is 0 Å². The van der Waals surface area contributed by atoms with Gasteiger partial charge in [0.2, 0.25) is 0 Å². The maximum atomic E-state index is 6.15. The van der Waals surface area contributed by atoms with Gasteiger partial charge < -0.3 is 10.1 Å². The van der Waals surface area contributed by atoms with Crippen molar-refractivity contribution in [3.63, 3.8) is 0 Å². The molecule has 1 aromatic rings. The molecule has 18 heavy (non-hydrogen) atoms. The normalized spacial score (nSPS) is 30.5. The van der Waals surface area contributed by atoms with Gasteiger partial charge in [-0.15, -0.1) is 0 Å². The first kappa shape index (κ1) is 12.6. The van der Waals surface area contributed by atoms with Crippen LogP contribution < -0.4 is 10.1 Å². The van der Waals surface area contributed by atoms with Crippen LogP contribution in [0.25, 0.3) is 0 Å². The lowest BCUT2D eigenvalue weighted by Gasteiger charge is -2.30. The Hall–Kier alpha value is -0.440. The predicted octanol–water partition coefficient (Wildman–Crippen LogP) is 4.00. The van der Waals surface area contributed by atoms with Crippen molar-refractivity contribution in [1.29, 1.82) is 0 Å². The van der Waals surface area contributed by atoms with Gasteiger partial charge in [-0.3, -0.25) is 0 Å². The number of ether oxygens (including phenoxy) is 1. The number of nitrogens with one attached hydrogen (secondary N) is 1. The molecule has 2 bridgehead atoms. The molecular weight excluding hydrogens is 269 g/mol. The molecule has 0 aliphatic carbocycles. The first-order valence-electron chi connectivity index (χ1n) is 6.46. The highest BCUT2D eigenvalue weighted by atomic mass is 35.5. The third kappa shape index (κ3) is 2.22. The Balaban J connectivity index is 1.93. The molecule has 0 amide bonds. The minimum absolute atomic E-state index is 0.536. The van der Waals surface area contributed by atoms with E-state index in [1.54, 1.807) is 7.11 Å². The second-order valence-electron chi connectivity index (χ2n) is 5.31. The average Bonchev–Trinajstić information content (AvgIpc) is 2.71. The fourth-order valence-electron chi connectivity index (χ4n) is 3.35. The highest BCUT2D eigenvalue weighted by molar-refractivity contribution is 6.42. The van der Waals surface area contributed by atoms with E-state index >= 15 is 0 Å². The summed E-state index contributed by atoms with van der Waals surface area (Å²) in [6.07, 6.45) is 4.94. The molecule has 1 N–H and O–H groups in total. The van der Waals surface area contributed by atoms with Crippen LogP contribution in [0.15, 0.2) is 12.1 Å². The second kappa shape index (κ2) is 4.92. The minimum atomic E-state index is 0.536. The molecule has 0 spiro atoms. The number of methoxy groups -OCH3 is 1. The van der Waals surface area contributed by atoms with Crippen LogP contribution in [0, 0.1) is 0 Å². The molecule has 2 aliphatic rings. The largest absolute Gasteiger partial charge is 0.496 e. The maximum Gasteiger partial charge on any atom is 0.123 e. The Kier molecular flexibility index (Phi) is 3.44. The Bertz CT molecular complexity index is 451. The number of piperidine rings is 1. The number of hydrogen-bond acceptors (Lipinski definition) is 2. The summed E-state index contributed by atoms with van der Waals surface area (Å²) in [5.41, 5.74) is 1.21. The zero-order valence-corrected chi connectivity index (χ0v) is 11.9. The lowest BCUT2D eigenvalue weighted by molar-refractivity contribution is 0.348. The predicted molar refractivity (Wildman–Crippen MR) is 74.9 cm³/mol. The summed E-state index contributed by atoms with van der Waals surface area (Å²) < 4.78 is 5.46. The van der Waals surface area contributed by atoms with Crippen LogP contribution in [0.4, 0.5) is 0 Å². The van der Waals surface area contributed by atoms with Gasteiger partial charge in [-0.2, -0.15) is 0 Å². The van der Waals surface area contributed by atoms with Gasteiger partial charge in [0.25, 0.3) is 0 Å². The zero-order valence-electron chi connectivity index (χ0n) is 10.4. The van der Waals surface area contributed by atoms with Crippen molar-refractivity contribution in [3.8, 4) is 5.75 Å². The van der Waals surface area contributed by atoms with Crippen molar-refractivity contribution in [2.75, 3.05) is 7.11 Å². The zero-order chi connectivity index (χ0) is 12.7. The van der Waals surface area contributed by atoms with Crippen molar-refractivity contribution in [2.45, 2.75) is 43.7 Å². The molecule has 4 heteroatoms. The molecule has 0 saturated carbocycles. The summed E-state index contributed by atoms with van der Waals surface area (Å²) in [7, 11) is 1.69. The topological polar surface area (TPSA) is 21.3 Å². The van der Waals surface area contributed by atoms with Crippen LogP contribution in [-0.4, -0.2) is 19.2 Å². The first-order valence-corrected chi connectivity index (χ1v) is 7.22. The maximum absolute atomic E-state index is 6.15. The molecule has 3 atom stereocenters. The van der Waals surface area contributed by atoms with Crippen molar-refractivity contribution >= 4 is 23.2 Å². The van der Waals surface area contributed by atoms with Gasteiger partial charge in [-0.1, -0.05) is 23.2 Å². The average molecular weight is 286 g/mol. The fourth-order valence-corrected chi connectivity index (χ4v) is 3.68. The smallest absolute Gasteiger partial charge is 0.123 e. The second-order valence-corrected chi connectivity index (χ2v) is 6.13. The molecule has 2 saturated heterocycles. The van der Waals surface area contributed by atoms with E-state index in [0.29, 0.717) is 28.0 Å². The van der Waals surface area contributed by atoms with Crippen molar-refractivity contribution in [2.24, 2.45) is 0 Å². The lowest BCUT2D eigenvalue weighted by atomic mass is 9.86. The number of rotatable bonds is 2. The molecule has 2 heterocycles. The first-order chi connectivity index (χ1) is 8.67. The Morgan fingerprint density at radius 2 is 1.72 bits per heavy atom. The van der Waals surface area contributed by atoms with Crippen LogP contribution >= 0.6 is 23.2 Å². The van der Waals surface area contributed by atoms with Crippen LogP contribution in [0.3, 0.4) is 0 Å². The van der Waals surface area contributed by atoms with Gasteiger partial charge in [0.1, 0.15) is 5.75 Å². The van der Waals surface area contributed by atoms with E-state index in [1.807, 2.05) is 12.1 Å². The summed E-state index contributed by atoms with van der Waals surface area (Å²) in [6, 6.07) is 5.14. The summed E-state index contributed by atoms with van der Waals surface area (Å²) in [5, 5.41) is 4.84. The molecule has 0 aromatic heterocycles. The number of benzene rings is 1. The van der Waals surface area contributed by atoms with E-state index in [0.717, 1.165) is 5.75 Å². The minimum Gasteiger partial charge on any atom is -0.496 e. The molecule has 2 fully saturated rings. The SMILES string of the molecule is COc1cc(Cl)c(Cl)cc1[C@@H]1C[C@H]2CC[C@@H](C1)N2. The number of halogens is 2. The summed E-state index contributed by atoms with van der Waals surface area (Å²) >= 11 is 12.2. The molecule has 0 unspecified atom stereocenters. The van der Waals surface area contributed by atoms with Crippen LogP contribution in [0.5, 0.6) is 5.75 Å². The van der Waals surface area contributed by atoms with E-state index in [4.69, 9.17) is 27.9 Å². The molecule has 2 aliphatic heterocycles. The monoisotopic (exact) mass is 285 g/mol. The summed E-state index contributed by atoms with van der Waals surface area (Å²) in [5.74, 6) is 1.41. The summed E-state index contributed by atoms with van der Waals surface area (Å²) in [6.45, 7) is 0. The lowest BCUT2D eigenvalue weighted by Crippen LogP contribution is -2.37. The fraction of sp³-hybridized carbons (Fsp3) is 0.571. The van der Waals surface area contributed by atoms with Crippen molar-refractivity contribution < 1.29 is 4.74 Å². The van der Waals surface area contributed by atoms with Crippen LogP contribution in [0.1, 0.15) is 37.2 Å². The van der Waals surface area contributed by atoms with E-state index in [-0.39, 0.29) is 0 Å². The Morgan fingerprint density at radius 3 is 2.33 bits per heavy atom. The van der Waals surface area contributed by atoms with Gasteiger partial charge in [-0.25, -0.2) is 0 Å². The highest BCUT2D eigenvalue weighted by Crippen LogP contribution is 2.42. The molecular formula is C14H17Cl2NO. The standard InChI is InChI=1S/C14H17Cl2NO/c1-18-14-7-13(16)12(15)6-11(14)8-4-9-2-3-10(5-8)17-9/h6-10,17H,2-5H2,1H3/t8-,9-,10+. The molecule has 98 valence electrons. The molecule has 2 nitrogen and oxygen atoms in total. The van der Waals surface area contributed by atoms with Crippen molar-refractivity contribution in [1.82, 2.24) is 5.32 Å². The highest BCUT2D eigenvalue weighted by Gasteiger charge is 2.35. The quantitative estimate of drug-likeness (QED) is 0.887. The Labute approximate surface area is 118 Å². The molecule has 1 aromatic carbocycles. The van der Waals surface area contributed by atoms with Crippen molar-refractivity contribution in [3.05, 3.63) is 27.7 Å². The van der Waals surface area contributed by atoms with E-state index in [1.165, 1.54) is 31.2 Å².